The van der Waals surface area contributed by atoms with Crippen LogP contribution in [0, 0.1) is 12.8 Å². The van der Waals surface area contributed by atoms with Crippen molar-refractivity contribution in [3.8, 4) is 0 Å². The second-order valence-corrected chi connectivity index (χ2v) is 4.98. The molecule has 3 N–H and O–H groups in total. The van der Waals surface area contributed by atoms with Crippen LogP contribution in [-0.4, -0.2) is 12.5 Å². The first-order valence-electron chi connectivity index (χ1n) is 4.64. The summed E-state index contributed by atoms with van der Waals surface area (Å²) in [7, 11) is 0. The molecule has 1 amide bonds. The van der Waals surface area contributed by atoms with E-state index in [1.54, 1.807) is 6.07 Å². The van der Waals surface area contributed by atoms with Gasteiger partial charge in [0.15, 0.2) is 0 Å². The summed E-state index contributed by atoms with van der Waals surface area (Å²) >= 11 is 1.44. The fraction of sp³-hybridized carbons (Fsp3) is 0.500. The van der Waals surface area contributed by atoms with E-state index in [1.165, 1.54) is 11.3 Å². The molecule has 0 spiro atoms. The van der Waals surface area contributed by atoms with Crippen LogP contribution in [-0.2, 0) is 0 Å². The van der Waals surface area contributed by atoms with Gasteiger partial charge in [0.05, 0.1) is 4.88 Å². The zero-order valence-electron chi connectivity index (χ0n) is 8.76. The number of carbonyl (C=O) groups is 1. The Bertz CT molecular complexity index is 311. The van der Waals surface area contributed by atoms with E-state index >= 15 is 0 Å². The van der Waals surface area contributed by atoms with Crippen LogP contribution in [0.15, 0.2) is 6.07 Å². The third kappa shape index (κ3) is 2.73. The molecule has 4 heteroatoms. The number of hydrogen-bond acceptors (Lipinski definition) is 3. The summed E-state index contributed by atoms with van der Waals surface area (Å²) in [5.74, 6) is 0.445. The van der Waals surface area contributed by atoms with Crippen molar-refractivity contribution in [2.75, 3.05) is 12.3 Å². The molecule has 0 atom stereocenters. The summed E-state index contributed by atoms with van der Waals surface area (Å²) in [5.41, 5.74) is 6.36. The summed E-state index contributed by atoms with van der Waals surface area (Å²) < 4.78 is 0. The molecule has 3 nitrogen and oxygen atoms in total. The predicted octanol–water partition coefficient (Wildman–Crippen LogP) is 2.02. The topological polar surface area (TPSA) is 55.1 Å². The number of thiophene rings is 1. The maximum atomic E-state index is 11.6. The highest BCUT2D eigenvalue weighted by molar-refractivity contribution is 7.14. The highest BCUT2D eigenvalue weighted by atomic mass is 32.1. The Kier molecular flexibility index (Phi) is 3.52. The van der Waals surface area contributed by atoms with Crippen molar-refractivity contribution in [3.63, 3.8) is 0 Å². The van der Waals surface area contributed by atoms with Crippen LogP contribution in [0.4, 0.5) is 5.69 Å². The van der Waals surface area contributed by atoms with Crippen molar-refractivity contribution < 1.29 is 4.79 Å². The second-order valence-electron chi connectivity index (χ2n) is 3.73. The predicted molar refractivity (Wildman–Crippen MR) is 60.6 cm³/mol. The number of aryl methyl sites for hydroxylation is 1. The highest BCUT2D eigenvalue weighted by Crippen LogP contribution is 2.23. The molecule has 1 aromatic heterocycles. The average molecular weight is 212 g/mol. The lowest BCUT2D eigenvalue weighted by molar-refractivity contribution is 0.0953. The van der Waals surface area contributed by atoms with Crippen molar-refractivity contribution in [3.05, 3.63) is 15.8 Å². The van der Waals surface area contributed by atoms with E-state index in [1.807, 2.05) is 6.92 Å². The van der Waals surface area contributed by atoms with E-state index in [0.717, 1.165) is 4.88 Å². The Balaban J connectivity index is 2.61. The minimum atomic E-state index is -0.0245. The van der Waals surface area contributed by atoms with Crippen molar-refractivity contribution in [1.29, 1.82) is 0 Å². The first-order valence-corrected chi connectivity index (χ1v) is 5.46. The Morgan fingerprint density at radius 2 is 2.29 bits per heavy atom. The molecule has 0 saturated heterocycles. The lowest BCUT2D eigenvalue weighted by Gasteiger charge is -2.05. The van der Waals surface area contributed by atoms with E-state index in [0.29, 0.717) is 23.0 Å². The van der Waals surface area contributed by atoms with Gasteiger partial charge >= 0.3 is 0 Å². The molecule has 0 saturated carbocycles. The van der Waals surface area contributed by atoms with E-state index < -0.39 is 0 Å². The number of nitrogen functional groups attached to an aromatic ring is 1. The van der Waals surface area contributed by atoms with Crippen LogP contribution >= 0.6 is 11.3 Å². The van der Waals surface area contributed by atoms with Crippen LogP contribution in [0.2, 0.25) is 0 Å². The van der Waals surface area contributed by atoms with Gasteiger partial charge in [0.1, 0.15) is 0 Å². The van der Waals surface area contributed by atoms with Crippen molar-refractivity contribution in [2.24, 2.45) is 5.92 Å². The number of nitrogens with one attached hydrogen (secondary N) is 1. The third-order valence-corrected chi connectivity index (χ3v) is 2.92. The molecule has 0 aliphatic rings. The first-order chi connectivity index (χ1) is 6.50. The number of nitrogens with two attached hydrogens (primary N) is 1. The molecule has 1 aromatic rings. The quantitative estimate of drug-likeness (QED) is 0.805. The fourth-order valence-electron chi connectivity index (χ4n) is 0.992. The number of carbonyl (C=O) groups excluding carboxylic acids is 1. The molecule has 0 bridgehead atoms. The Hall–Kier alpha value is -1.03. The molecule has 14 heavy (non-hydrogen) atoms. The lowest BCUT2D eigenvalue weighted by atomic mass is 10.2. The van der Waals surface area contributed by atoms with Gasteiger partial charge in [-0.05, 0) is 18.9 Å². The van der Waals surface area contributed by atoms with Crippen LogP contribution < -0.4 is 11.1 Å². The normalized spacial score (nSPS) is 10.6. The second kappa shape index (κ2) is 4.46. The van der Waals surface area contributed by atoms with Crippen molar-refractivity contribution in [1.82, 2.24) is 5.32 Å². The maximum Gasteiger partial charge on any atom is 0.261 e. The van der Waals surface area contributed by atoms with E-state index in [9.17, 15) is 4.79 Å². The Labute approximate surface area is 88.3 Å². The summed E-state index contributed by atoms with van der Waals surface area (Å²) in [6.45, 7) is 6.75. The summed E-state index contributed by atoms with van der Waals surface area (Å²) in [4.78, 5) is 13.3. The van der Waals surface area contributed by atoms with Crippen LogP contribution in [0.5, 0.6) is 0 Å². The molecule has 78 valence electrons. The monoisotopic (exact) mass is 212 g/mol. The first kappa shape index (κ1) is 11.0. The zero-order valence-corrected chi connectivity index (χ0v) is 9.57. The van der Waals surface area contributed by atoms with Crippen LogP contribution in [0.25, 0.3) is 0 Å². The molecule has 1 heterocycles. The van der Waals surface area contributed by atoms with Crippen LogP contribution in [0.1, 0.15) is 28.4 Å². The maximum absolute atomic E-state index is 11.6. The summed E-state index contributed by atoms with van der Waals surface area (Å²) in [6, 6.07) is 1.73. The van der Waals surface area contributed by atoms with E-state index in [-0.39, 0.29) is 5.91 Å². The van der Waals surface area contributed by atoms with Crippen molar-refractivity contribution in [2.45, 2.75) is 20.8 Å². The highest BCUT2D eigenvalue weighted by Gasteiger charge is 2.10. The zero-order chi connectivity index (χ0) is 10.7. The van der Waals surface area contributed by atoms with E-state index in [4.69, 9.17) is 5.73 Å². The Morgan fingerprint density at radius 3 is 2.71 bits per heavy atom. The summed E-state index contributed by atoms with van der Waals surface area (Å²) in [5, 5.41) is 2.85. The van der Waals surface area contributed by atoms with Gasteiger partial charge in [0.25, 0.3) is 5.91 Å². The van der Waals surface area contributed by atoms with Gasteiger partial charge in [0, 0.05) is 17.1 Å². The SMILES string of the molecule is Cc1sc(C(=O)NCC(C)C)cc1N. The van der Waals surface area contributed by atoms with Gasteiger partial charge in [-0.25, -0.2) is 0 Å². The molecule has 1 rings (SSSR count). The molecule has 0 aromatic carbocycles. The molecule has 0 unspecified atom stereocenters. The standard InChI is InChI=1S/C10H16N2OS/c1-6(2)5-12-10(13)9-4-8(11)7(3)14-9/h4,6H,5,11H2,1-3H3,(H,12,13). The fourth-order valence-corrected chi connectivity index (χ4v) is 1.85. The molecular formula is C10H16N2OS. The molecule has 0 radical (unpaired) electrons. The van der Waals surface area contributed by atoms with Gasteiger partial charge in [-0.2, -0.15) is 0 Å². The van der Waals surface area contributed by atoms with Gasteiger partial charge < -0.3 is 11.1 Å². The van der Waals surface area contributed by atoms with Gasteiger partial charge in [-0.3, -0.25) is 4.79 Å². The third-order valence-electron chi connectivity index (χ3n) is 1.85. The number of amides is 1. The molecular weight excluding hydrogens is 196 g/mol. The molecule has 0 fully saturated rings. The number of hydrogen-bond donors (Lipinski definition) is 2. The molecule has 0 aliphatic carbocycles. The largest absolute Gasteiger partial charge is 0.398 e. The van der Waals surface area contributed by atoms with Gasteiger partial charge in [-0.1, -0.05) is 13.8 Å². The minimum absolute atomic E-state index is 0.0245. The number of anilines is 1. The lowest BCUT2D eigenvalue weighted by Crippen LogP contribution is -2.26. The average Bonchev–Trinajstić information content (AvgIpc) is 2.43. The number of rotatable bonds is 3. The smallest absolute Gasteiger partial charge is 0.261 e. The Morgan fingerprint density at radius 1 is 1.64 bits per heavy atom. The van der Waals surface area contributed by atoms with Gasteiger partial charge in [0.2, 0.25) is 0 Å². The minimum Gasteiger partial charge on any atom is -0.398 e. The van der Waals surface area contributed by atoms with Gasteiger partial charge in [-0.15, -0.1) is 11.3 Å². The van der Waals surface area contributed by atoms with E-state index in [2.05, 4.69) is 19.2 Å². The summed E-state index contributed by atoms with van der Waals surface area (Å²) in [6.07, 6.45) is 0. The van der Waals surface area contributed by atoms with Crippen LogP contribution in [0.3, 0.4) is 0 Å². The van der Waals surface area contributed by atoms with Crippen molar-refractivity contribution >= 4 is 22.9 Å². The molecule has 0 aliphatic heterocycles.